The van der Waals surface area contributed by atoms with Crippen molar-refractivity contribution in [3.05, 3.63) is 58.9 Å². The summed E-state index contributed by atoms with van der Waals surface area (Å²) in [5.74, 6) is -1.12. The summed E-state index contributed by atoms with van der Waals surface area (Å²) in [5, 5.41) is 0. The largest absolute Gasteiger partial charge is 0.451 e. The molecule has 0 saturated carbocycles. The maximum absolute atomic E-state index is 12.1. The zero-order valence-electron chi connectivity index (χ0n) is 14.0. The molecule has 126 valence electrons. The van der Waals surface area contributed by atoms with Gasteiger partial charge >= 0.3 is 5.97 Å². The summed E-state index contributed by atoms with van der Waals surface area (Å²) in [6.07, 6.45) is 1.44. The number of aryl methyl sites for hydroxylation is 1. The molecule has 0 aliphatic heterocycles. The SMILES string of the molecule is CC(=O)c1c[nH]c(C(=O)OCC(=O)N(C)Cc2ccccc2C)c1. The Morgan fingerprint density at radius 2 is 1.92 bits per heavy atom. The molecule has 0 spiro atoms. The van der Waals surface area contributed by atoms with E-state index in [1.165, 1.54) is 24.1 Å². The first-order chi connectivity index (χ1) is 11.4. The standard InChI is InChI=1S/C18H20N2O4/c1-12-6-4-5-7-14(12)10-20(3)17(22)11-24-18(23)16-8-15(9-19-16)13(2)21/h4-9,19H,10-11H2,1-3H3. The van der Waals surface area contributed by atoms with Crippen molar-refractivity contribution < 1.29 is 19.1 Å². The van der Waals surface area contributed by atoms with Gasteiger partial charge in [0.2, 0.25) is 0 Å². The molecule has 1 aromatic carbocycles. The number of aromatic amines is 1. The first kappa shape index (κ1) is 17.5. The number of carbonyl (C=O) groups excluding carboxylic acids is 3. The van der Waals surface area contributed by atoms with E-state index < -0.39 is 5.97 Å². The van der Waals surface area contributed by atoms with E-state index in [0.29, 0.717) is 12.1 Å². The van der Waals surface area contributed by atoms with Crippen molar-refractivity contribution in [1.82, 2.24) is 9.88 Å². The van der Waals surface area contributed by atoms with E-state index in [-0.39, 0.29) is 24.0 Å². The first-order valence-electron chi connectivity index (χ1n) is 7.53. The molecule has 0 saturated heterocycles. The van der Waals surface area contributed by atoms with E-state index in [0.717, 1.165) is 11.1 Å². The van der Waals surface area contributed by atoms with Crippen LogP contribution in [0.1, 0.15) is 38.9 Å². The smallest absolute Gasteiger partial charge is 0.355 e. The highest BCUT2D eigenvalue weighted by Gasteiger charge is 2.16. The summed E-state index contributed by atoms with van der Waals surface area (Å²) in [6, 6.07) is 9.19. The topological polar surface area (TPSA) is 79.5 Å². The predicted octanol–water partition coefficient (Wildman–Crippen LogP) is 2.34. The summed E-state index contributed by atoms with van der Waals surface area (Å²) in [4.78, 5) is 39.4. The minimum Gasteiger partial charge on any atom is -0.451 e. The highest BCUT2D eigenvalue weighted by Crippen LogP contribution is 2.10. The maximum Gasteiger partial charge on any atom is 0.355 e. The molecule has 0 radical (unpaired) electrons. The van der Waals surface area contributed by atoms with E-state index >= 15 is 0 Å². The second-order valence-electron chi connectivity index (χ2n) is 5.61. The summed E-state index contributed by atoms with van der Waals surface area (Å²) in [5.41, 5.74) is 2.67. The molecule has 6 heteroatoms. The van der Waals surface area contributed by atoms with Gasteiger partial charge in [0.15, 0.2) is 12.4 Å². The number of aromatic nitrogens is 1. The van der Waals surface area contributed by atoms with Gasteiger partial charge in [-0.1, -0.05) is 24.3 Å². The number of nitrogens with zero attached hydrogens (tertiary/aromatic N) is 1. The fraction of sp³-hybridized carbons (Fsp3) is 0.278. The Hall–Kier alpha value is -2.89. The van der Waals surface area contributed by atoms with Crippen LogP contribution < -0.4 is 0 Å². The molecule has 2 rings (SSSR count). The number of hydrogen-bond acceptors (Lipinski definition) is 4. The Bertz CT molecular complexity index is 764. The second-order valence-corrected chi connectivity index (χ2v) is 5.61. The van der Waals surface area contributed by atoms with Crippen LogP contribution in [0.25, 0.3) is 0 Å². The van der Waals surface area contributed by atoms with Gasteiger partial charge in [-0.3, -0.25) is 9.59 Å². The number of H-pyrrole nitrogens is 1. The molecule has 1 amide bonds. The minimum atomic E-state index is -0.667. The molecule has 2 aromatic rings. The number of amides is 1. The molecule has 0 aliphatic rings. The van der Waals surface area contributed by atoms with Crippen molar-refractivity contribution in [2.45, 2.75) is 20.4 Å². The molecule has 0 fully saturated rings. The van der Waals surface area contributed by atoms with Crippen molar-refractivity contribution in [2.24, 2.45) is 0 Å². The molecule has 0 bridgehead atoms. The maximum atomic E-state index is 12.1. The van der Waals surface area contributed by atoms with Crippen molar-refractivity contribution in [3.63, 3.8) is 0 Å². The third-order valence-electron chi connectivity index (χ3n) is 3.73. The molecular formula is C18H20N2O4. The summed E-state index contributed by atoms with van der Waals surface area (Å²) >= 11 is 0. The Labute approximate surface area is 140 Å². The lowest BCUT2D eigenvalue weighted by molar-refractivity contribution is -0.133. The van der Waals surface area contributed by atoms with E-state index in [4.69, 9.17) is 4.74 Å². The molecule has 1 N–H and O–H groups in total. The molecule has 24 heavy (non-hydrogen) atoms. The zero-order chi connectivity index (χ0) is 17.7. The molecule has 0 unspecified atom stereocenters. The van der Waals surface area contributed by atoms with Gasteiger partial charge in [-0.25, -0.2) is 4.79 Å². The Morgan fingerprint density at radius 1 is 1.21 bits per heavy atom. The van der Waals surface area contributed by atoms with Crippen LogP contribution in [0, 0.1) is 6.92 Å². The lowest BCUT2D eigenvalue weighted by Gasteiger charge is -2.18. The number of likely N-dealkylation sites (N-methyl/N-ethyl adjacent to an activating group) is 1. The van der Waals surface area contributed by atoms with E-state index in [1.807, 2.05) is 31.2 Å². The quantitative estimate of drug-likeness (QED) is 0.652. The number of hydrogen-bond donors (Lipinski definition) is 1. The second kappa shape index (κ2) is 7.59. The third-order valence-corrected chi connectivity index (χ3v) is 3.73. The lowest BCUT2D eigenvalue weighted by Crippen LogP contribution is -2.31. The number of esters is 1. The predicted molar refractivity (Wildman–Crippen MR) is 88.7 cm³/mol. The molecule has 0 atom stereocenters. The highest BCUT2D eigenvalue weighted by molar-refractivity contribution is 5.97. The Balaban J connectivity index is 1.88. The van der Waals surface area contributed by atoms with Gasteiger partial charge < -0.3 is 14.6 Å². The number of carbonyl (C=O) groups is 3. The van der Waals surface area contributed by atoms with Gasteiger partial charge in [0.25, 0.3) is 5.91 Å². The van der Waals surface area contributed by atoms with Crippen LogP contribution in [-0.4, -0.2) is 41.2 Å². The normalized spacial score (nSPS) is 10.3. The summed E-state index contributed by atoms with van der Waals surface area (Å²) < 4.78 is 5.00. The monoisotopic (exact) mass is 328 g/mol. The molecule has 0 aliphatic carbocycles. The fourth-order valence-corrected chi connectivity index (χ4v) is 2.16. The van der Waals surface area contributed by atoms with E-state index in [1.54, 1.807) is 7.05 Å². The van der Waals surface area contributed by atoms with Crippen LogP contribution in [-0.2, 0) is 16.1 Å². The van der Waals surface area contributed by atoms with Crippen LogP contribution in [0.5, 0.6) is 0 Å². The van der Waals surface area contributed by atoms with E-state index in [2.05, 4.69) is 4.98 Å². The number of benzene rings is 1. The molecular weight excluding hydrogens is 308 g/mol. The number of Topliss-reactive ketones (excluding diaryl/α,β-unsaturated/α-hetero) is 1. The first-order valence-corrected chi connectivity index (χ1v) is 7.53. The van der Waals surface area contributed by atoms with Gasteiger partial charge in [0.1, 0.15) is 5.69 Å². The molecule has 1 aromatic heterocycles. The fourth-order valence-electron chi connectivity index (χ4n) is 2.16. The lowest BCUT2D eigenvalue weighted by atomic mass is 10.1. The van der Waals surface area contributed by atoms with E-state index in [9.17, 15) is 14.4 Å². The number of rotatable bonds is 6. The zero-order valence-corrected chi connectivity index (χ0v) is 14.0. The Morgan fingerprint density at radius 3 is 2.54 bits per heavy atom. The van der Waals surface area contributed by atoms with Crippen LogP contribution in [0.4, 0.5) is 0 Å². The van der Waals surface area contributed by atoms with Gasteiger partial charge in [-0.15, -0.1) is 0 Å². The average molecular weight is 328 g/mol. The minimum absolute atomic E-state index is 0.148. The number of nitrogens with one attached hydrogen (secondary N) is 1. The highest BCUT2D eigenvalue weighted by atomic mass is 16.5. The van der Waals surface area contributed by atoms with Crippen LogP contribution in [0.15, 0.2) is 36.5 Å². The number of ketones is 1. The molecule has 6 nitrogen and oxygen atoms in total. The van der Waals surface area contributed by atoms with Gasteiger partial charge in [-0.05, 0) is 31.0 Å². The Kier molecular flexibility index (Phi) is 5.52. The van der Waals surface area contributed by atoms with Gasteiger partial charge in [-0.2, -0.15) is 0 Å². The van der Waals surface area contributed by atoms with Gasteiger partial charge in [0.05, 0.1) is 0 Å². The van der Waals surface area contributed by atoms with Crippen molar-refractivity contribution in [3.8, 4) is 0 Å². The van der Waals surface area contributed by atoms with Crippen LogP contribution >= 0.6 is 0 Å². The van der Waals surface area contributed by atoms with Crippen molar-refractivity contribution >= 4 is 17.7 Å². The number of ether oxygens (including phenoxy) is 1. The third kappa shape index (κ3) is 4.32. The molecule has 1 heterocycles. The van der Waals surface area contributed by atoms with Crippen LogP contribution in [0.2, 0.25) is 0 Å². The van der Waals surface area contributed by atoms with Crippen molar-refractivity contribution in [2.75, 3.05) is 13.7 Å². The average Bonchev–Trinajstić information content (AvgIpc) is 3.04. The van der Waals surface area contributed by atoms with Crippen LogP contribution in [0.3, 0.4) is 0 Å². The van der Waals surface area contributed by atoms with Gasteiger partial charge in [0, 0.05) is 25.4 Å². The van der Waals surface area contributed by atoms with Crippen molar-refractivity contribution in [1.29, 1.82) is 0 Å². The summed E-state index contributed by atoms with van der Waals surface area (Å²) in [6.45, 7) is 3.48. The summed E-state index contributed by atoms with van der Waals surface area (Å²) in [7, 11) is 1.66.